The highest BCUT2D eigenvalue weighted by Crippen LogP contribution is 2.25. The van der Waals surface area contributed by atoms with Crippen LogP contribution >= 0.6 is 11.6 Å². The number of anilines is 1. The molecule has 0 aliphatic carbocycles. The van der Waals surface area contributed by atoms with Gasteiger partial charge in [-0.15, -0.1) is 0 Å². The van der Waals surface area contributed by atoms with Crippen LogP contribution in [0, 0.1) is 21.4 Å². The van der Waals surface area contributed by atoms with Crippen molar-refractivity contribution in [3.63, 3.8) is 0 Å². The lowest BCUT2D eigenvalue weighted by Crippen LogP contribution is -2.16. The van der Waals surface area contributed by atoms with Gasteiger partial charge in [0.25, 0.3) is 5.69 Å². The predicted molar refractivity (Wildman–Crippen MR) is 81.4 cm³/mol. The Bertz CT molecular complexity index is 725. The second kappa shape index (κ2) is 6.25. The quantitative estimate of drug-likeness (QED) is 0.637. The number of nitro benzene ring substituents is 1. The molecular weight excluding hydrogens is 290 g/mol. The number of hydrogen-bond donors (Lipinski definition) is 0. The van der Waals surface area contributed by atoms with Crippen molar-refractivity contribution in [2.24, 2.45) is 0 Å². The smallest absolute Gasteiger partial charge is 0.287 e. The molecule has 0 saturated heterocycles. The molecule has 0 aliphatic rings. The van der Waals surface area contributed by atoms with Crippen molar-refractivity contribution in [1.82, 2.24) is 0 Å². The molecular formula is C15H12ClN3O2. The van der Waals surface area contributed by atoms with Gasteiger partial charge in [-0.05, 0) is 29.8 Å². The normalized spacial score (nSPS) is 9.95. The highest BCUT2D eigenvalue weighted by atomic mass is 35.5. The van der Waals surface area contributed by atoms with Crippen LogP contribution in [0.15, 0.2) is 42.5 Å². The Hall–Kier alpha value is -2.58. The van der Waals surface area contributed by atoms with Crippen molar-refractivity contribution in [1.29, 1.82) is 5.26 Å². The molecule has 6 heteroatoms. The number of nitriles is 1. The third kappa shape index (κ3) is 3.50. The Morgan fingerprint density at radius 1 is 1.33 bits per heavy atom. The molecule has 0 saturated carbocycles. The van der Waals surface area contributed by atoms with Gasteiger partial charge in [0.2, 0.25) is 0 Å². The summed E-state index contributed by atoms with van der Waals surface area (Å²) in [5.41, 5.74) is 1.62. The Morgan fingerprint density at radius 3 is 2.71 bits per heavy atom. The first-order valence-corrected chi connectivity index (χ1v) is 6.53. The van der Waals surface area contributed by atoms with E-state index in [0.717, 1.165) is 11.3 Å². The first kappa shape index (κ1) is 14.8. The SMILES string of the molecule is CN(Cc1cccc(Cl)c1)c1ccc([N+](=O)[O-])c(C#N)c1. The molecule has 0 heterocycles. The fraction of sp³-hybridized carbons (Fsp3) is 0.133. The van der Waals surface area contributed by atoms with E-state index in [9.17, 15) is 10.1 Å². The number of halogens is 1. The van der Waals surface area contributed by atoms with Crippen LogP contribution in [0.5, 0.6) is 0 Å². The van der Waals surface area contributed by atoms with Gasteiger partial charge in [0, 0.05) is 30.4 Å². The summed E-state index contributed by atoms with van der Waals surface area (Å²) in [5, 5.41) is 20.5. The molecule has 0 aliphatic heterocycles. The van der Waals surface area contributed by atoms with E-state index in [-0.39, 0.29) is 11.3 Å². The van der Waals surface area contributed by atoms with E-state index in [2.05, 4.69) is 0 Å². The zero-order valence-corrected chi connectivity index (χ0v) is 12.0. The van der Waals surface area contributed by atoms with Crippen molar-refractivity contribution in [3.05, 3.63) is 68.7 Å². The summed E-state index contributed by atoms with van der Waals surface area (Å²) in [6.07, 6.45) is 0. The molecule has 0 atom stereocenters. The van der Waals surface area contributed by atoms with Crippen LogP contribution in [0.3, 0.4) is 0 Å². The lowest BCUT2D eigenvalue weighted by molar-refractivity contribution is -0.385. The van der Waals surface area contributed by atoms with E-state index in [0.29, 0.717) is 11.6 Å². The summed E-state index contributed by atoms with van der Waals surface area (Å²) >= 11 is 5.94. The summed E-state index contributed by atoms with van der Waals surface area (Å²) in [7, 11) is 1.85. The van der Waals surface area contributed by atoms with Gasteiger partial charge >= 0.3 is 0 Å². The van der Waals surface area contributed by atoms with Gasteiger partial charge in [-0.25, -0.2) is 0 Å². The summed E-state index contributed by atoms with van der Waals surface area (Å²) in [6, 6.07) is 13.8. The molecule has 0 fully saturated rings. The Morgan fingerprint density at radius 2 is 2.10 bits per heavy atom. The fourth-order valence-corrected chi connectivity index (χ4v) is 2.22. The van der Waals surface area contributed by atoms with E-state index in [1.54, 1.807) is 12.1 Å². The number of nitro groups is 1. The molecule has 5 nitrogen and oxygen atoms in total. The second-order valence-electron chi connectivity index (χ2n) is 4.56. The molecule has 106 valence electrons. The van der Waals surface area contributed by atoms with Crippen molar-refractivity contribution >= 4 is 23.0 Å². The number of rotatable bonds is 4. The second-order valence-corrected chi connectivity index (χ2v) is 4.99. The van der Waals surface area contributed by atoms with E-state index >= 15 is 0 Å². The molecule has 0 spiro atoms. The first-order valence-electron chi connectivity index (χ1n) is 6.15. The van der Waals surface area contributed by atoms with Crippen LogP contribution in [0.25, 0.3) is 0 Å². The minimum atomic E-state index is -0.556. The number of nitrogens with zero attached hydrogens (tertiary/aromatic N) is 3. The molecule has 0 aromatic heterocycles. The Kier molecular flexibility index (Phi) is 4.41. The molecule has 21 heavy (non-hydrogen) atoms. The van der Waals surface area contributed by atoms with Crippen LogP contribution in [0.1, 0.15) is 11.1 Å². The molecule has 0 amide bonds. The van der Waals surface area contributed by atoms with Gasteiger partial charge in [-0.3, -0.25) is 10.1 Å². The van der Waals surface area contributed by atoms with Crippen LogP contribution < -0.4 is 4.90 Å². The summed E-state index contributed by atoms with van der Waals surface area (Å²) in [4.78, 5) is 12.2. The minimum Gasteiger partial charge on any atom is -0.370 e. The van der Waals surface area contributed by atoms with Crippen molar-refractivity contribution in [3.8, 4) is 6.07 Å². The zero-order valence-electron chi connectivity index (χ0n) is 11.3. The largest absolute Gasteiger partial charge is 0.370 e. The predicted octanol–water partition coefficient (Wildman–Crippen LogP) is 3.76. The Balaban J connectivity index is 2.26. The number of hydrogen-bond acceptors (Lipinski definition) is 4. The van der Waals surface area contributed by atoms with E-state index in [1.165, 1.54) is 12.1 Å². The maximum absolute atomic E-state index is 10.8. The van der Waals surface area contributed by atoms with Crippen molar-refractivity contribution < 1.29 is 4.92 Å². The van der Waals surface area contributed by atoms with Gasteiger partial charge < -0.3 is 4.90 Å². The zero-order chi connectivity index (χ0) is 15.4. The monoisotopic (exact) mass is 301 g/mol. The van der Waals surface area contributed by atoms with Crippen molar-refractivity contribution in [2.75, 3.05) is 11.9 Å². The molecule has 2 aromatic rings. The van der Waals surface area contributed by atoms with Crippen LogP contribution in [-0.2, 0) is 6.54 Å². The average Bonchev–Trinajstić information content (AvgIpc) is 2.46. The summed E-state index contributed by atoms with van der Waals surface area (Å²) in [6.45, 7) is 0.587. The molecule has 0 radical (unpaired) electrons. The Labute approximate surface area is 127 Å². The van der Waals surface area contributed by atoms with Gasteiger partial charge in [0.05, 0.1) is 4.92 Å². The highest BCUT2D eigenvalue weighted by Gasteiger charge is 2.15. The third-order valence-electron chi connectivity index (χ3n) is 3.05. The number of benzene rings is 2. The lowest BCUT2D eigenvalue weighted by atomic mass is 10.1. The van der Waals surface area contributed by atoms with Gasteiger partial charge in [-0.2, -0.15) is 5.26 Å². The molecule has 0 N–H and O–H groups in total. The maximum Gasteiger partial charge on any atom is 0.287 e. The topological polar surface area (TPSA) is 70.2 Å². The average molecular weight is 302 g/mol. The molecule has 0 unspecified atom stereocenters. The molecule has 0 bridgehead atoms. The summed E-state index contributed by atoms with van der Waals surface area (Å²) in [5.74, 6) is 0. The van der Waals surface area contributed by atoms with Crippen LogP contribution in [0.2, 0.25) is 5.02 Å². The third-order valence-corrected chi connectivity index (χ3v) is 3.28. The van der Waals surface area contributed by atoms with E-state index in [4.69, 9.17) is 16.9 Å². The van der Waals surface area contributed by atoms with E-state index < -0.39 is 4.92 Å². The van der Waals surface area contributed by atoms with Crippen LogP contribution in [0.4, 0.5) is 11.4 Å². The highest BCUT2D eigenvalue weighted by molar-refractivity contribution is 6.30. The van der Waals surface area contributed by atoms with Crippen LogP contribution in [-0.4, -0.2) is 12.0 Å². The first-order chi connectivity index (χ1) is 10.0. The van der Waals surface area contributed by atoms with Gasteiger partial charge in [0.15, 0.2) is 0 Å². The van der Waals surface area contributed by atoms with Crippen molar-refractivity contribution in [2.45, 2.75) is 6.54 Å². The minimum absolute atomic E-state index is 0.0513. The summed E-state index contributed by atoms with van der Waals surface area (Å²) < 4.78 is 0. The fourth-order valence-electron chi connectivity index (χ4n) is 2.01. The standard InChI is InChI=1S/C15H12ClN3O2/c1-18(10-11-3-2-4-13(16)7-11)14-5-6-15(19(20)21)12(8-14)9-17/h2-8H,10H2,1H3. The lowest BCUT2D eigenvalue weighted by Gasteiger charge is -2.19. The molecule has 2 rings (SSSR count). The molecule has 2 aromatic carbocycles. The van der Waals surface area contributed by atoms with E-state index in [1.807, 2.05) is 36.2 Å². The van der Waals surface area contributed by atoms with Gasteiger partial charge in [0.1, 0.15) is 11.6 Å². The maximum atomic E-state index is 10.8. The van der Waals surface area contributed by atoms with Gasteiger partial charge in [-0.1, -0.05) is 23.7 Å².